The Balaban J connectivity index is 1.05. The van der Waals surface area contributed by atoms with Gasteiger partial charge in [-0.2, -0.15) is 0 Å². The number of carbonyl (C=O) groups is 3. The van der Waals surface area contributed by atoms with Crippen molar-refractivity contribution in [3.63, 3.8) is 0 Å². The molecule has 4 fully saturated rings. The summed E-state index contributed by atoms with van der Waals surface area (Å²) in [6.45, 7) is 10.9. The molecule has 4 aliphatic rings. The molecule has 0 radical (unpaired) electrons. The Labute approximate surface area is 266 Å². The zero-order valence-electron chi connectivity index (χ0n) is 27.0. The van der Waals surface area contributed by atoms with E-state index in [0.717, 1.165) is 77.7 Å². The second-order valence-corrected chi connectivity index (χ2v) is 13.4. The Morgan fingerprint density at radius 1 is 0.933 bits per heavy atom. The summed E-state index contributed by atoms with van der Waals surface area (Å²) >= 11 is 0. The number of aromatic nitrogens is 2. The van der Waals surface area contributed by atoms with Crippen LogP contribution in [0.3, 0.4) is 0 Å². The van der Waals surface area contributed by atoms with Crippen LogP contribution in [0.1, 0.15) is 85.2 Å². The molecule has 6 rings (SSSR count). The third-order valence-electron chi connectivity index (χ3n) is 10.4. The second-order valence-electron chi connectivity index (χ2n) is 13.4. The lowest BCUT2D eigenvalue weighted by molar-refractivity contribution is -0.144. The number of esters is 1. The molecule has 45 heavy (non-hydrogen) atoms. The smallest absolute Gasteiger partial charge is 0.328 e. The van der Waals surface area contributed by atoms with E-state index < -0.39 is 0 Å². The van der Waals surface area contributed by atoms with E-state index in [1.54, 1.807) is 0 Å². The fraction of sp³-hybridized carbons (Fsp3) is 0.629. The highest BCUT2D eigenvalue weighted by Crippen LogP contribution is 2.34. The highest BCUT2D eigenvalue weighted by molar-refractivity contribution is 5.96. The number of nitrogens with zero attached hydrogens (tertiary/aromatic N) is 5. The largest absolute Gasteiger partial charge is 0.464 e. The molecule has 2 aromatic rings. The monoisotopic (exact) mass is 616 g/mol. The molecule has 4 unspecified atom stereocenters. The molecule has 242 valence electrons. The average molecular weight is 617 g/mol. The Bertz CT molecular complexity index is 1340. The average Bonchev–Trinajstić information content (AvgIpc) is 3.84. The lowest BCUT2D eigenvalue weighted by Crippen LogP contribution is -2.39. The first-order valence-corrected chi connectivity index (χ1v) is 17.0. The van der Waals surface area contributed by atoms with Gasteiger partial charge in [0.2, 0.25) is 11.9 Å². The number of hydrogen-bond donors (Lipinski definition) is 1. The maximum atomic E-state index is 13.8. The van der Waals surface area contributed by atoms with Gasteiger partial charge in [0, 0.05) is 45.2 Å². The zero-order valence-corrected chi connectivity index (χ0v) is 27.0. The molecule has 2 amide bonds. The van der Waals surface area contributed by atoms with Gasteiger partial charge in [-0.1, -0.05) is 43.2 Å². The van der Waals surface area contributed by atoms with Gasteiger partial charge >= 0.3 is 5.97 Å². The van der Waals surface area contributed by atoms with Gasteiger partial charge in [0.25, 0.3) is 5.91 Å². The molecule has 3 saturated heterocycles. The van der Waals surface area contributed by atoms with Gasteiger partial charge in [-0.15, -0.1) is 0 Å². The Morgan fingerprint density at radius 2 is 1.60 bits per heavy atom. The first kappa shape index (κ1) is 31.5. The van der Waals surface area contributed by atoms with Crippen LogP contribution in [0.2, 0.25) is 0 Å². The minimum Gasteiger partial charge on any atom is -0.464 e. The molecular weight excluding hydrogens is 568 g/mol. The summed E-state index contributed by atoms with van der Waals surface area (Å²) < 4.78 is 5.28. The molecule has 1 N–H and O–H groups in total. The lowest BCUT2D eigenvalue weighted by atomic mass is 10.0. The quantitative estimate of drug-likeness (QED) is 0.398. The molecule has 1 aromatic heterocycles. The number of nitrogens with one attached hydrogen (secondary N) is 1. The van der Waals surface area contributed by atoms with E-state index in [0.29, 0.717) is 47.9 Å². The standard InChI is InChI=1S/C35H48N6O4/c1-4-45-34(44)30-15-10-17-41(30)35-36-23(2)31(24(3)37-35)33(43)40-21-27-19-39(20-28(27)22-40)18-16-29(25-11-6-5-7-12-25)38-32(42)26-13-8-9-14-26/h5-7,11-12,26-30H,4,8-10,13-22H2,1-3H3,(H,38,42). The van der Waals surface area contributed by atoms with Gasteiger partial charge in [0.05, 0.1) is 29.6 Å². The maximum Gasteiger partial charge on any atom is 0.328 e. The number of carbonyl (C=O) groups excluding carboxylic acids is 3. The van der Waals surface area contributed by atoms with Crippen LogP contribution in [-0.4, -0.2) is 89.5 Å². The summed E-state index contributed by atoms with van der Waals surface area (Å²) in [6, 6.07) is 9.98. The van der Waals surface area contributed by atoms with Gasteiger partial charge < -0.3 is 24.8 Å². The lowest BCUT2D eigenvalue weighted by Gasteiger charge is -2.26. The highest BCUT2D eigenvalue weighted by atomic mass is 16.5. The predicted molar refractivity (Wildman–Crippen MR) is 172 cm³/mol. The van der Waals surface area contributed by atoms with Gasteiger partial charge in [0.15, 0.2) is 0 Å². The molecule has 1 aromatic carbocycles. The van der Waals surface area contributed by atoms with Crippen molar-refractivity contribution in [1.29, 1.82) is 0 Å². The van der Waals surface area contributed by atoms with Crippen LogP contribution < -0.4 is 10.2 Å². The van der Waals surface area contributed by atoms with Gasteiger partial charge in [-0.25, -0.2) is 14.8 Å². The van der Waals surface area contributed by atoms with E-state index in [4.69, 9.17) is 14.7 Å². The summed E-state index contributed by atoms with van der Waals surface area (Å²) in [5, 5.41) is 3.38. The summed E-state index contributed by atoms with van der Waals surface area (Å²) in [5.74, 6) is 1.49. The molecule has 4 heterocycles. The third-order valence-corrected chi connectivity index (χ3v) is 10.4. The first-order chi connectivity index (χ1) is 21.8. The molecule has 1 aliphatic carbocycles. The van der Waals surface area contributed by atoms with Gasteiger partial charge in [0.1, 0.15) is 6.04 Å². The molecule has 3 aliphatic heterocycles. The number of fused-ring (bicyclic) bond motifs is 1. The minimum atomic E-state index is -0.377. The zero-order chi connectivity index (χ0) is 31.5. The van der Waals surface area contributed by atoms with Crippen molar-refractivity contribution in [3.05, 3.63) is 52.8 Å². The van der Waals surface area contributed by atoms with E-state index in [1.807, 2.05) is 48.8 Å². The fourth-order valence-electron chi connectivity index (χ4n) is 8.02. The number of benzene rings is 1. The van der Waals surface area contributed by atoms with Crippen LogP contribution in [0.4, 0.5) is 5.95 Å². The molecule has 10 nitrogen and oxygen atoms in total. The van der Waals surface area contributed by atoms with Crippen molar-refractivity contribution in [3.8, 4) is 0 Å². The summed E-state index contributed by atoms with van der Waals surface area (Å²) in [7, 11) is 0. The van der Waals surface area contributed by atoms with E-state index in [9.17, 15) is 14.4 Å². The Hall–Kier alpha value is -3.53. The molecule has 4 atom stereocenters. The van der Waals surface area contributed by atoms with Gasteiger partial charge in [-0.05, 0) is 70.3 Å². The Kier molecular flexibility index (Phi) is 9.68. The van der Waals surface area contributed by atoms with Crippen LogP contribution in [0.5, 0.6) is 0 Å². The number of likely N-dealkylation sites (tertiary alicyclic amines) is 2. The van der Waals surface area contributed by atoms with Crippen molar-refractivity contribution in [2.75, 3.05) is 50.8 Å². The predicted octanol–water partition coefficient (Wildman–Crippen LogP) is 4.07. The minimum absolute atomic E-state index is 0.000341. The summed E-state index contributed by atoms with van der Waals surface area (Å²) in [6.07, 6.45) is 6.78. The van der Waals surface area contributed by atoms with Crippen LogP contribution in [0, 0.1) is 31.6 Å². The summed E-state index contributed by atoms with van der Waals surface area (Å²) in [5.41, 5.74) is 3.05. The highest BCUT2D eigenvalue weighted by Gasteiger charge is 2.42. The topological polar surface area (TPSA) is 108 Å². The SMILES string of the molecule is CCOC(=O)C1CCCN1c1nc(C)c(C(=O)N2CC3CN(CCC(NC(=O)C4CCCC4)c4ccccc4)CC3C2)c(C)n1. The number of aryl methyl sites for hydroxylation is 2. The molecular formula is C35H48N6O4. The third kappa shape index (κ3) is 6.86. The number of hydrogen-bond acceptors (Lipinski definition) is 8. The number of anilines is 1. The molecule has 0 spiro atoms. The van der Waals surface area contributed by atoms with E-state index in [2.05, 4.69) is 22.3 Å². The van der Waals surface area contributed by atoms with Crippen molar-refractivity contribution < 1.29 is 19.1 Å². The fourth-order valence-corrected chi connectivity index (χ4v) is 8.02. The van der Waals surface area contributed by atoms with Crippen molar-refractivity contribution >= 4 is 23.7 Å². The van der Waals surface area contributed by atoms with Crippen LogP contribution in [0.15, 0.2) is 30.3 Å². The van der Waals surface area contributed by atoms with E-state index in [1.165, 1.54) is 5.56 Å². The second kappa shape index (κ2) is 13.8. The normalized spacial score (nSPS) is 24.2. The molecule has 1 saturated carbocycles. The van der Waals surface area contributed by atoms with E-state index in [-0.39, 0.29) is 35.8 Å². The maximum absolute atomic E-state index is 13.8. The number of amides is 2. The number of ether oxygens (including phenoxy) is 1. The van der Waals surface area contributed by atoms with Crippen molar-refractivity contribution in [1.82, 2.24) is 25.1 Å². The van der Waals surface area contributed by atoms with Crippen LogP contribution >= 0.6 is 0 Å². The number of rotatable bonds is 10. The van der Waals surface area contributed by atoms with E-state index >= 15 is 0 Å². The molecule has 0 bridgehead atoms. The van der Waals surface area contributed by atoms with Crippen LogP contribution in [0.25, 0.3) is 0 Å². The summed E-state index contributed by atoms with van der Waals surface area (Å²) in [4.78, 5) is 55.1. The van der Waals surface area contributed by atoms with Crippen molar-refractivity contribution in [2.45, 2.75) is 77.8 Å². The van der Waals surface area contributed by atoms with Crippen molar-refractivity contribution in [2.24, 2.45) is 17.8 Å². The molecule has 10 heteroatoms. The van der Waals surface area contributed by atoms with Gasteiger partial charge in [-0.3, -0.25) is 9.59 Å². The first-order valence-electron chi connectivity index (χ1n) is 17.0. The Morgan fingerprint density at radius 3 is 2.24 bits per heavy atom. The van der Waals surface area contributed by atoms with Crippen LogP contribution in [-0.2, 0) is 14.3 Å².